The number of benzene rings is 1. The molecular formula is C19H18N6O. The summed E-state index contributed by atoms with van der Waals surface area (Å²) in [6.07, 6.45) is 4.96. The Morgan fingerprint density at radius 3 is 2.62 bits per heavy atom. The number of fused-ring (bicyclic) bond motifs is 1. The van der Waals surface area contributed by atoms with Gasteiger partial charge in [0.1, 0.15) is 18.2 Å². The third kappa shape index (κ3) is 3.11. The first-order chi connectivity index (χ1) is 12.7. The van der Waals surface area contributed by atoms with Crippen molar-refractivity contribution in [2.75, 3.05) is 5.32 Å². The lowest BCUT2D eigenvalue weighted by Gasteiger charge is -2.19. The van der Waals surface area contributed by atoms with Crippen LogP contribution in [-0.4, -0.2) is 25.1 Å². The van der Waals surface area contributed by atoms with E-state index in [9.17, 15) is 0 Å². The van der Waals surface area contributed by atoms with Crippen molar-refractivity contribution >= 4 is 16.7 Å². The van der Waals surface area contributed by atoms with Gasteiger partial charge in [-0.2, -0.15) is 4.98 Å². The molecule has 1 aromatic carbocycles. The lowest BCUT2D eigenvalue weighted by atomic mass is 10.0. The summed E-state index contributed by atoms with van der Waals surface area (Å²) in [5.74, 6) is 2.03. The fourth-order valence-corrected chi connectivity index (χ4v) is 2.76. The van der Waals surface area contributed by atoms with Crippen molar-refractivity contribution in [2.45, 2.75) is 19.9 Å². The number of aromatic nitrogens is 5. The van der Waals surface area contributed by atoms with Crippen LogP contribution in [0.15, 0.2) is 59.6 Å². The Balaban J connectivity index is 1.67. The van der Waals surface area contributed by atoms with Crippen LogP contribution in [0.4, 0.5) is 5.82 Å². The lowest BCUT2D eigenvalue weighted by molar-refractivity contribution is 0.336. The zero-order valence-electron chi connectivity index (χ0n) is 14.5. The van der Waals surface area contributed by atoms with Crippen molar-refractivity contribution in [3.63, 3.8) is 0 Å². The first-order valence-corrected chi connectivity index (χ1v) is 8.42. The van der Waals surface area contributed by atoms with Gasteiger partial charge in [0.15, 0.2) is 0 Å². The molecule has 0 aliphatic carbocycles. The number of para-hydroxylation sites is 1. The molecule has 0 aliphatic heterocycles. The molecule has 0 spiro atoms. The van der Waals surface area contributed by atoms with Gasteiger partial charge in [0.2, 0.25) is 11.7 Å². The second-order valence-electron chi connectivity index (χ2n) is 6.30. The molecule has 7 heteroatoms. The first-order valence-electron chi connectivity index (χ1n) is 8.42. The highest BCUT2D eigenvalue weighted by atomic mass is 16.5. The second kappa shape index (κ2) is 6.87. The molecule has 3 heterocycles. The molecule has 1 N–H and O–H groups in total. The molecule has 0 fully saturated rings. The molecule has 1 atom stereocenters. The van der Waals surface area contributed by atoms with Gasteiger partial charge in [-0.1, -0.05) is 31.1 Å². The van der Waals surface area contributed by atoms with Gasteiger partial charge in [0, 0.05) is 23.3 Å². The van der Waals surface area contributed by atoms with Crippen molar-refractivity contribution in [1.29, 1.82) is 0 Å². The van der Waals surface area contributed by atoms with Crippen molar-refractivity contribution in [3.8, 4) is 11.4 Å². The van der Waals surface area contributed by atoms with Crippen LogP contribution in [-0.2, 0) is 0 Å². The predicted octanol–water partition coefficient (Wildman–Crippen LogP) is 3.88. The van der Waals surface area contributed by atoms with Gasteiger partial charge < -0.3 is 9.84 Å². The van der Waals surface area contributed by atoms with Crippen LogP contribution in [0, 0.1) is 5.92 Å². The zero-order valence-corrected chi connectivity index (χ0v) is 14.5. The predicted molar refractivity (Wildman–Crippen MR) is 98.3 cm³/mol. The molecular weight excluding hydrogens is 328 g/mol. The summed E-state index contributed by atoms with van der Waals surface area (Å²) in [7, 11) is 0. The van der Waals surface area contributed by atoms with Crippen LogP contribution in [0.2, 0.25) is 0 Å². The van der Waals surface area contributed by atoms with E-state index in [1.54, 1.807) is 18.7 Å². The molecule has 0 saturated heterocycles. The van der Waals surface area contributed by atoms with E-state index in [2.05, 4.69) is 44.3 Å². The summed E-state index contributed by atoms with van der Waals surface area (Å²) in [5.41, 5.74) is 1.75. The van der Waals surface area contributed by atoms with Crippen LogP contribution in [0.3, 0.4) is 0 Å². The topological polar surface area (TPSA) is 89.6 Å². The average Bonchev–Trinajstić information content (AvgIpc) is 3.16. The van der Waals surface area contributed by atoms with E-state index in [4.69, 9.17) is 4.52 Å². The van der Waals surface area contributed by atoms with Crippen LogP contribution in [0.5, 0.6) is 0 Å². The Morgan fingerprint density at radius 2 is 1.81 bits per heavy atom. The maximum atomic E-state index is 5.54. The van der Waals surface area contributed by atoms with Gasteiger partial charge in [-0.15, -0.1) is 0 Å². The van der Waals surface area contributed by atoms with Gasteiger partial charge >= 0.3 is 0 Å². The Bertz CT molecular complexity index is 1010. The molecule has 1 unspecified atom stereocenters. The summed E-state index contributed by atoms with van der Waals surface area (Å²) >= 11 is 0. The Kier molecular flexibility index (Phi) is 4.27. The van der Waals surface area contributed by atoms with Crippen molar-refractivity contribution in [1.82, 2.24) is 25.1 Å². The number of nitrogens with zero attached hydrogens (tertiary/aromatic N) is 5. The van der Waals surface area contributed by atoms with Crippen molar-refractivity contribution < 1.29 is 4.52 Å². The summed E-state index contributed by atoms with van der Waals surface area (Å²) in [6.45, 7) is 4.19. The fourth-order valence-electron chi connectivity index (χ4n) is 2.76. The van der Waals surface area contributed by atoms with E-state index in [0.29, 0.717) is 11.7 Å². The Hall–Kier alpha value is -3.35. The monoisotopic (exact) mass is 346 g/mol. The lowest BCUT2D eigenvalue weighted by Crippen LogP contribution is -2.18. The van der Waals surface area contributed by atoms with E-state index in [-0.39, 0.29) is 12.0 Å². The zero-order chi connectivity index (χ0) is 17.9. The molecule has 4 aromatic rings. The van der Waals surface area contributed by atoms with Gasteiger partial charge in [-0.25, -0.2) is 9.97 Å². The Labute approximate surface area is 150 Å². The Morgan fingerprint density at radius 1 is 1.00 bits per heavy atom. The highest BCUT2D eigenvalue weighted by Crippen LogP contribution is 2.29. The summed E-state index contributed by atoms with van der Waals surface area (Å²) < 4.78 is 5.54. The van der Waals surface area contributed by atoms with Gasteiger partial charge in [-0.05, 0) is 30.2 Å². The largest absolute Gasteiger partial charge is 0.358 e. The maximum Gasteiger partial charge on any atom is 0.249 e. The third-order valence-corrected chi connectivity index (χ3v) is 4.15. The molecule has 7 nitrogen and oxygen atoms in total. The minimum Gasteiger partial charge on any atom is -0.358 e. The molecule has 26 heavy (non-hydrogen) atoms. The minimum atomic E-state index is -0.170. The third-order valence-electron chi connectivity index (χ3n) is 4.15. The number of anilines is 1. The molecule has 0 aliphatic rings. The summed E-state index contributed by atoms with van der Waals surface area (Å²) in [4.78, 5) is 17.3. The number of hydrogen-bond donors (Lipinski definition) is 1. The van der Waals surface area contributed by atoms with E-state index < -0.39 is 0 Å². The van der Waals surface area contributed by atoms with E-state index in [1.165, 1.54) is 0 Å². The normalized spacial score (nSPS) is 12.4. The van der Waals surface area contributed by atoms with Gasteiger partial charge in [0.25, 0.3) is 0 Å². The van der Waals surface area contributed by atoms with E-state index >= 15 is 0 Å². The SMILES string of the molecule is CC(C)C(Nc1ncnc2ccccc12)c1nc(-c2ccncc2)no1. The van der Waals surface area contributed by atoms with E-state index in [1.807, 2.05) is 36.4 Å². The number of rotatable bonds is 5. The van der Waals surface area contributed by atoms with Crippen LogP contribution < -0.4 is 5.32 Å². The molecule has 0 saturated carbocycles. The fraction of sp³-hybridized carbons (Fsp3) is 0.211. The highest BCUT2D eigenvalue weighted by molar-refractivity contribution is 5.88. The smallest absolute Gasteiger partial charge is 0.249 e. The molecule has 3 aromatic heterocycles. The molecule has 130 valence electrons. The van der Waals surface area contributed by atoms with Crippen LogP contribution in [0.25, 0.3) is 22.3 Å². The standard InChI is InChI=1S/C19H18N6O/c1-12(2)16(19-24-17(25-26-19)13-7-9-20-10-8-13)23-18-14-5-3-4-6-15(14)21-11-22-18/h3-12,16H,1-2H3,(H,21,22,23). The second-order valence-corrected chi connectivity index (χ2v) is 6.30. The van der Waals surface area contributed by atoms with Crippen LogP contribution >= 0.6 is 0 Å². The van der Waals surface area contributed by atoms with Gasteiger partial charge in [-0.3, -0.25) is 4.98 Å². The molecule has 4 rings (SSSR count). The van der Waals surface area contributed by atoms with E-state index in [0.717, 1.165) is 22.3 Å². The quantitative estimate of drug-likeness (QED) is 0.586. The highest BCUT2D eigenvalue weighted by Gasteiger charge is 2.24. The molecule has 0 bridgehead atoms. The van der Waals surface area contributed by atoms with Crippen LogP contribution in [0.1, 0.15) is 25.8 Å². The molecule has 0 radical (unpaired) electrons. The minimum absolute atomic E-state index is 0.170. The van der Waals surface area contributed by atoms with Crippen molar-refractivity contribution in [2.24, 2.45) is 5.92 Å². The summed E-state index contributed by atoms with van der Waals surface area (Å²) in [6, 6.07) is 11.4. The summed E-state index contributed by atoms with van der Waals surface area (Å²) in [5, 5.41) is 8.50. The number of hydrogen-bond acceptors (Lipinski definition) is 7. The average molecular weight is 346 g/mol. The first kappa shape index (κ1) is 16.1. The number of nitrogens with one attached hydrogen (secondary N) is 1. The number of pyridine rings is 1. The van der Waals surface area contributed by atoms with Crippen molar-refractivity contribution in [3.05, 3.63) is 61.0 Å². The molecule has 0 amide bonds. The maximum absolute atomic E-state index is 5.54. The van der Waals surface area contributed by atoms with Gasteiger partial charge in [0.05, 0.1) is 5.52 Å².